The highest BCUT2D eigenvalue weighted by molar-refractivity contribution is 5.56. The standard InChI is InChI=1S/C11H18O3/c12-9-10-3-1-4-11(14-10)5-2-7-13-8-6-11/h9-10H,1-8H2. The molecule has 2 atom stereocenters. The van der Waals surface area contributed by atoms with Crippen LogP contribution in [0.5, 0.6) is 0 Å². The third-order valence-corrected chi connectivity index (χ3v) is 3.30. The molecular weight excluding hydrogens is 180 g/mol. The van der Waals surface area contributed by atoms with Crippen molar-refractivity contribution in [3.05, 3.63) is 0 Å². The maximum atomic E-state index is 10.7. The van der Waals surface area contributed by atoms with Crippen LogP contribution in [0.3, 0.4) is 0 Å². The Morgan fingerprint density at radius 1 is 1.14 bits per heavy atom. The first kappa shape index (κ1) is 10.1. The molecule has 1 spiro atoms. The van der Waals surface area contributed by atoms with Crippen LogP contribution in [0.2, 0.25) is 0 Å². The van der Waals surface area contributed by atoms with E-state index in [1.807, 2.05) is 0 Å². The van der Waals surface area contributed by atoms with Crippen LogP contribution in [-0.2, 0) is 14.3 Å². The third kappa shape index (κ3) is 2.15. The van der Waals surface area contributed by atoms with Gasteiger partial charge in [0.25, 0.3) is 0 Å². The first-order valence-corrected chi connectivity index (χ1v) is 5.56. The van der Waals surface area contributed by atoms with Gasteiger partial charge in [0.05, 0.1) is 5.60 Å². The molecule has 0 aromatic heterocycles. The fourth-order valence-corrected chi connectivity index (χ4v) is 2.51. The first-order valence-electron chi connectivity index (χ1n) is 5.56. The zero-order valence-corrected chi connectivity index (χ0v) is 8.54. The number of rotatable bonds is 1. The Balaban J connectivity index is 2.00. The maximum absolute atomic E-state index is 10.7. The molecule has 0 aliphatic carbocycles. The van der Waals surface area contributed by atoms with Gasteiger partial charge < -0.3 is 14.3 Å². The van der Waals surface area contributed by atoms with Gasteiger partial charge in [-0.25, -0.2) is 0 Å². The molecule has 2 rings (SSSR count). The van der Waals surface area contributed by atoms with Gasteiger partial charge in [-0.2, -0.15) is 0 Å². The van der Waals surface area contributed by atoms with E-state index in [0.717, 1.165) is 58.0 Å². The zero-order valence-electron chi connectivity index (χ0n) is 8.54. The van der Waals surface area contributed by atoms with Crippen molar-refractivity contribution in [3.63, 3.8) is 0 Å². The molecule has 0 radical (unpaired) electrons. The van der Waals surface area contributed by atoms with Crippen LogP contribution in [0.15, 0.2) is 0 Å². The molecule has 0 bridgehead atoms. The fourth-order valence-electron chi connectivity index (χ4n) is 2.51. The molecule has 0 aromatic rings. The van der Waals surface area contributed by atoms with Crippen molar-refractivity contribution in [1.82, 2.24) is 0 Å². The van der Waals surface area contributed by atoms with Crippen LogP contribution in [0.25, 0.3) is 0 Å². The molecule has 2 aliphatic heterocycles. The van der Waals surface area contributed by atoms with Gasteiger partial charge in [-0.3, -0.25) is 0 Å². The summed E-state index contributed by atoms with van der Waals surface area (Å²) in [5.41, 5.74) is -0.0413. The summed E-state index contributed by atoms with van der Waals surface area (Å²) in [6.07, 6.45) is 6.96. The van der Waals surface area contributed by atoms with Gasteiger partial charge in [-0.05, 0) is 38.5 Å². The van der Waals surface area contributed by atoms with Crippen molar-refractivity contribution in [2.45, 2.75) is 50.2 Å². The fraction of sp³-hybridized carbons (Fsp3) is 0.909. The second kappa shape index (κ2) is 4.41. The second-order valence-electron chi connectivity index (χ2n) is 4.33. The minimum absolute atomic E-state index is 0.0413. The summed E-state index contributed by atoms with van der Waals surface area (Å²) in [6.45, 7) is 1.63. The van der Waals surface area contributed by atoms with Crippen LogP contribution in [-0.4, -0.2) is 31.2 Å². The normalized spacial score (nSPS) is 39.3. The molecule has 0 N–H and O–H groups in total. The third-order valence-electron chi connectivity index (χ3n) is 3.30. The minimum Gasteiger partial charge on any atom is -0.381 e. The van der Waals surface area contributed by atoms with Crippen molar-refractivity contribution in [1.29, 1.82) is 0 Å². The van der Waals surface area contributed by atoms with Gasteiger partial charge in [0.15, 0.2) is 0 Å². The lowest BCUT2D eigenvalue weighted by Gasteiger charge is -2.39. The molecule has 2 saturated heterocycles. The SMILES string of the molecule is O=CC1CCCC2(CCCOCC2)O1. The summed E-state index contributed by atoms with van der Waals surface area (Å²) in [7, 11) is 0. The lowest BCUT2D eigenvalue weighted by Crippen LogP contribution is -2.41. The maximum Gasteiger partial charge on any atom is 0.148 e. The topological polar surface area (TPSA) is 35.5 Å². The molecular formula is C11H18O3. The summed E-state index contributed by atoms with van der Waals surface area (Å²) in [4.78, 5) is 10.7. The monoisotopic (exact) mass is 198 g/mol. The lowest BCUT2D eigenvalue weighted by atomic mass is 9.85. The number of aldehydes is 1. The highest BCUT2D eigenvalue weighted by Crippen LogP contribution is 2.36. The van der Waals surface area contributed by atoms with Crippen LogP contribution < -0.4 is 0 Å². The van der Waals surface area contributed by atoms with Crippen LogP contribution >= 0.6 is 0 Å². The van der Waals surface area contributed by atoms with Gasteiger partial charge in [-0.15, -0.1) is 0 Å². The molecule has 0 aromatic carbocycles. The van der Waals surface area contributed by atoms with E-state index in [2.05, 4.69) is 0 Å². The second-order valence-corrected chi connectivity index (χ2v) is 4.33. The van der Waals surface area contributed by atoms with Crippen LogP contribution in [0.4, 0.5) is 0 Å². The van der Waals surface area contributed by atoms with Crippen LogP contribution in [0.1, 0.15) is 38.5 Å². The zero-order chi connectivity index (χ0) is 9.86. The Morgan fingerprint density at radius 3 is 2.86 bits per heavy atom. The van der Waals surface area contributed by atoms with Crippen molar-refractivity contribution in [2.24, 2.45) is 0 Å². The first-order chi connectivity index (χ1) is 6.85. The largest absolute Gasteiger partial charge is 0.381 e. The van der Waals surface area contributed by atoms with E-state index in [1.165, 1.54) is 0 Å². The molecule has 2 fully saturated rings. The van der Waals surface area contributed by atoms with Crippen molar-refractivity contribution in [2.75, 3.05) is 13.2 Å². The average molecular weight is 198 g/mol. The lowest BCUT2D eigenvalue weighted by molar-refractivity contribution is -0.151. The van der Waals surface area contributed by atoms with Crippen LogP contribution in [0, 0.1) is 0 Å². The average Bonchev–Trinajstić information content (AvgIpc) is 2.44. The molecule has 3 nitrogen and oxygen atoms in total. The Kier molecular flexibility index (Phi) is 3.19. The molecule has 3 heteroatoms. The summed E-state index contributed by atoms with van der Waals surface area (Å²) < 4.78 is 11.3. The predicted molar refractivity (Wildman–Crippen MR) is 52.2 cm³/mol. The molecule has 0 saturated carbocycles. The van der Waals surface area contributed by atoms with Gasteiger partial charge >= 0.3 is 0 Å². The van der Waals surface area contributed by atoms with Crippen molar-refractivity contribution >= 4 is 6.29 Å². The summed E-state index contributed by atoms with van der Waals surface area (Å²) >= 11 is 0. The Labute approximate surface area is 84.8 Å². The molecule has 14 heavy (non-hydrogen) atoms. The van der Waals surface area contributed by atoms with E-state index in [4.69, 9.17) is 9.47 Å². The molecule has 2 heterocycles. The molecule has 80 valence electrons. The van der Waals surface area contributed by atoms with E-state index in [1.54, 1.807) is 0 Å². The Hall–Kier alpha value is -0.410. The van der Waals surface area contributed by atoms with E-state index >= 15 is 0 Å². The number of hydrogen-bond donors (Lipinski definition) is 0. The van der Waals surface area contributed by atoms with E-state index in [-0.39, 0.29) is 11.7 Å². The minimum atomic E-state index is -0.165. The number of ether oxygens (including phenoxy) is 2. The van der Waals surface area contributed by atoms with E-state index in [0.29, 0.717) is 0 Å². The van der Waals surface area contributed by atoms with Gasteiger partial charge in [-0.1, -0.05) is 0 Å². The highest BCUT2D eigenvalue weighted by Gasteiger charge is 2.37. The number of carbonyl (C=O) groups excluding carboxylic acids is 1. The smallest absolute Gasteiger partial charge is 0.148 e. The summed E-state index contributed by atoms with van der Waals surface area (Å²) in [5, 5.41) is 0. The summed E-state index contributed by atoms with van der Waals surface area (Å²) in [6, 6.07) is 0. The van der Waals surface area contributed by atoms with E-state index in [9.17, 15) is 4.79 Å². The van der Waals surface area contributed by atoms with Gasteiger partial charge in [0.2, 0.25) is 0 Å². The van der Waals surface area contributed by atoms with Gasteiger partial charge in [0, 0.05) is 13.2 Å². The highest BCUT2D eigenvalue weighted by atomic mass is 16.5. The Bertz CT molecular complexity index is 195. The molecule has 0 amide bonds. The quantitative estimate of drug-likeness (QED) is 0.601. The number of carbonyl (C=O) groups is 1. The molecule has 2 unspecified atom stereocenters. The predicted octanol–water partition coefficient (Wildman–Crippen LogP) is 1.69. The van der Waals surface area contributed by atoms with Crippen molar-refractivity contribution < 1.29 is 14.3 Å². The van der Waals surface area contributed by atoms with Gasteiger partial charge in [0.1, 0.15) is 12.4 Å². The Morgan fingerprint density at radius 2 is 2.00 bits per heavy atom. The van der Waals surface area contributed by atoms with Crippen molar-refractivity contribution in [3.8, 4) is 0 Å². The molecule has 2 aliphatic rings. The summed E-state index contributed by atoms with van der Waals surface area (Å²) in [5.74, 6) is 0. The number of hydrogen-bond acceptors (Lipinski definition) is 3. The van der Waals surface area contributed by atoms with E-state index < -0.39 is 0 Å².